The molecular formula is C10H14O2S. The first kappa shape index (κ1) is 10.4. The van der Waals surface area contributed by atoms with Gasteiger partial charge in [-0.1, -0.05) is 17.7 Å². The third-order valence-electron chi connectivity index (χ3n) is 1.92. The van der Waals surface area contributed by atoms with E-state index in [0.717, 1.165) is 16.0 Å². The maximum Gasteiger partial charge on any atom is 0.189 e. The van der Waals surface area contributed by atoms with Gasteiger partial charge in [0.05, 0.1) is 12.0 Å². The average molecular weight is 198 g/mol. The van der Waals surface area contributed by atoms with Crippen molar-refractivity contribution >= 4 is 11.1 Å². The highest BCUT2D eigenvalue weighted by molar-refractivity contribution is 7.80. The van der Waals surface area contributed by atoms with Crippen molar-refractivity contribution in [2.75, 3.05) is 7.11 Å². The lowest BCUT2D eigenvalue weighted by Crippen LogP contribution is -2.00. The molecule has 13 heavy (non-hydrogen) atoms. The second kappa shape index (κ2) is 4.03. The summed E-state index contributed by atoms with van der Waals surface area (Å²) in [5.41, 5.74) is 3.24. The van der Waals surface area contributed by atoms with Crippen LogP contribution in [0, 0.1) is 20.8 Å². The molecule has 0 radical (unpaired) electrons. The van der Waals surface area contributed by atoms with Gasteiger partial charge in [-0.25, -0.2) is 4.21 Å². The maximum atomic E-state index is 11.5. The molecule has 1 aromatic carbocycles. The predicted octanol–water partition coefficient (Wildman–Crippen LogP) is 2.28. The van der Waals surface area contributed by atoms with Gasteiger partial charge in [-0.3, -0.25) is 4.18 Å². The lowest BCUT2D eigenvalue weighted by molar-refractivity contribution is 0.445. The normalized spacial score (nSPS) is 12.9. The number of hydrogen-bond donors (Lipinski definition) is 0. The average Bonchev–Trinajstić information content (AvgIpc) is 2.02. The van der Waals surface area contributed by atoms with Crippen molar-refractivity contribution in [3.63, 3.8) is 0 Å². The van der Waals surface area contributed by atoms with E-state index in [9.17, 15) is 4.21 Å². The zero-order valence-electron chi connectivity index (χ0n) is 8.38. The monoisotopic (exact) mass is 198 g/mol. The molecule has 0 saturated heterocycles. The minimum absolute atomic E-state index is 0.799. The van der Waals surface area contributed by atoms with E-state index in [4.69, 9.17) is 4.18 Å². The van der Waals surface area contributed by atoms with Crippen LogP contribution in [-0.2, 0) is 15.3 Å². The molecule has 0 aliphatic rings. The highest BCUT2D eigenvalue weighted by atomic mass is 32.2. The van der Waals surface area contributed by atoms with E-state index in [0.29, 0.717) is 0 Å². The Morgan fingerprint density at radius 3 is 2.00 bits per heavy atom. The minimum atomic E-state index is -1.32. The zero-order chi connectivity index (χ0) is 10.0. The van der Waals surface area contributed by atoms with Crippen molar-refractivity contribution in [3.8, 4) is 0 Å². The molecule has 0 bridgehead atoms. The minimum Gasteiger partial charge on any atom is -0.290 e. The first-order valence-corrected chi connectivity index (χ1v) is 5.18. The van der Waals surface area contributed by atoms with Crippen molar-refractivity contribution in [2.45, 2.75) is 25.7 Å². The molecule has 1 aromatic rings. The van der Waals surface area contributed by atoms with Crippen LogP contribution < -0.4 is 0 Å². The van der Waals surface area contributed by atoms with Crippen LogP contribution in [0.25, 0.3) is 0 Å². The summed E-state index contributed by atoms with van der Waals surface area (Å²) in [6.07, 6.45) is 0. The van der Waals surface area contributed by atoms with Gasteiger partial charge in [0, 0.05) is 0 Å². The third-order valence-corrected chi connectivity index (χ3v) is 3.20. The topological polar surface area (TPSA) is 26.3 Å². The fraction of sp³-hybridized carbons (Fsp3) is 0.400. The van der Waals surface area contributed by atoms with Gasteiger partial charge in [0.25, 0.3) is 0 Å². The summed E-state index contributed by atoms with van der Waals surface area (Å²) in [7, 11) is 1.45. The first-order valence-electron chi connectivity index (χ1n) is 4.10. The molecule has 0 aromatic heterocycles. The largest absolute Gasteiger partial charge is 0.290 e. The second-order valence-corrected chi connectivity index (χ2v) is 4.34. The fourth-order valence-electron chi connectivity index (χ4n) is 1.51. The van der Waals surface area contributed by atoms with Gasteiger partial charge in [0.2, 0.25) is 0 Å². The summed E-state index contributed by atoms with van der Waals surface area (Å²) in [5.74, 6) is 0. The van der Waals surface area contributed by atoms with Crippen LogP contribution in [0.2, 0.25) is 0 Å². The highest BCUT2D eigenvalue weighted by Crippen LogP contribution is 2.20. The summed E-state index contributed by atoms with van der Waals surface area (Å²) >= 11 is -1.32. The third kappa shape index (κ3) is 2.17. The molecule has 0 heterocycles. The van der Waals surface area contributed by atoms with E-state index in [1.54, 1.807) is 0 Å². The van der Waals surface area contributed by atoms with Crippen LogP contribution in [-0.4, -0.2) is 11.3 Å². The molecule has 2 nitrogen and oxygen atoms in total. The van der Waals surface area contributed by atoms with Crippen molar-refractivity contribution < 1.29 is 8.39 Å². The van der Waals surface area contributed by atoms with Crippen LogP contribution in [0.15, 0.2) is 17.0 Å². The molecule has 0 unspecified atom stereocenters. The number of hydrogen-bond acceptors (Lipinski definition) is 2. The molecule has 72 valence electrons. The van der Waals surface area contributed by atoms with E-state index in [1.807, 2.05) is 32.9 Å². The summed E-state index contributed by atoms with van der Waals surface area (Å²) in [4.78, 5) is 0.799. The quantitative estimate of drug-likeness (QED) is 0.728. The van der Waals surface area contributed by atoms with Crippen LogP contribution in [0.5, 0.6) is 0 Å². The summed E-state index contributed by atoms with van der Waals surface area (Å²) in [6, 6.07) is 4.03. The molecule has 0 fully saturated rings. The second-order valence-electron chi connectivity index (χ2n) is 3.13. The van der Waals surface area contributed by atoms with E-state index < -0.39 is 11.1 Å². The molecular weight excluding hydrogens is 184 g/mol. The van der Waals surface area contributed by atoms with Gasteiger partial charge in [-0.15, -0.1) is 0 Å². The Balaban J connectivity index is 3.28. The number of rotatable bonds is 2. The van der Waals surface area contributed by atoms with Gasteiger partial charge in [0.15, 0.2) is 11.1 Å². The Morgan fingerprint density at radius 2 is 1.62 bits per heavy atom. The lowest BCUT2D eigenvalue weighted by atomic mass is 10.1. The maximum absolute atomic E-state index is 11.5. The Kier molecular flexibility index (Phi) is 3.22. The molecule has 0 spiro atoms. The standard InChI is InChI=1S/C10H14O2S/c1-7-5-8(2)10(9(3)6-7)13(11)12-4/h5-6H,1-4H3/t13-/m0/s1. The van der Waals surface area contributed by atoms with Gasteiger partial charge >= 0.3 is 0 Å². The zero-order valence-corrected chi connectivity index (χ0v) is 9.20. The van der Waals surface area contributed by atoms with Gasteiger partial charge < -0.3 is 0 Å². The van der Waals surface area contributed by atoms with Crippen molar-refractivity contribution in [1.82, 2.24) is 0 Å². The number of aryl methyl sites for hydroxylation is 3. The van der Waals surface area contributed by atoms with Gasteiger partial charge in [-0.05, 0) is 31.9 Å². The SMILES string of the molecule is CO[S@](=O)c1c(C)cc(C)cc1C. The van der Waals surface area contributed by atoms with E-state index >= 15 is 0 Å². The molecule has 1 atom stereocenters. The van der Waals surface area contributed by atoms with Crippen molar-refractivity contribution in [3.05, 3.63) is 28.8 Å². The van der Waals surface area contributed by atoms with Crippen LogP contribution >= 0.6 is 0 Å². The van der Waals surface area contributed by atoms with Crippen LogP contribution in [0.3, 0.4) is 0 Å². The summed E-state index contributed by atoms with van der Waals surface area (Å²) < 4.78 is 16.3. The van der Waals surface area contributed by atoms with Gasteiger partial charge in [-0.2, -0.15) is 0 Å². The lowest BCUT2D eigenvalue weighted by Gasteiger charge is -2.08. The van der Waals surface area contributed by atoms with Crippen LogP contribution in [0.1, 0.15) is 16.7 Å². The van der Waals surface area contributed by atoms with E-state index in [1.165, 1.54) is 12.7 Å². The van der Waals surface area contributed by atoms with Gasteiger partial charge in [0.1, 0.15) is 0 Å². The summed E-state index contributed by atoms with van der Waals surface area (Å²) in [6.45, 7) is 5.93. The Hall–Kier alpha value is -0.670. The molecule has 0 aliphatic carbocycles. The molecule has 1 rings (SSSR count). The molecule has 0 amide bonds. The Morgan fingerprint density at radius 1 is 1.15 bits per heavy atom. The smallest absolute Gasteiger partial charge is 0.189 e. The van der Waals surface area contributed by atoms with E-state index in [2.05, 4.69) is 0 Å². The molecule has 0 saturated carbocycles. The first-order chi connectivity index (χ1) is 6.06. The predicted molar refractivity (Wildman–Crippen MR) is 54.1 cm³/mol. The number of benzene rings is 1. The van der Waals surface area contributed by atoms with Crippen molar-refractivity contribution in [1.29, 1.82) is 0 Å². The van der Waals surface area contributed by atoms with Crippen LogP contribution in [0.4, 0.5) is 0 Å². The Labute approximate surface area is 81.6 Å². The summed E-state index contributed by atoms with van der Waals surface area (Å²) in [5, 5.41) is 0. The fourth-order valence-corrected chi connectivity index (χ4v) is 2.32. The van der Waals surface area contributed by atoms with E-state index in [-0.39, 0.29) is 0 Å². The van der Waals surface area contributed by atoms with Crippen molar-refractivity contribution in [2.24, 2.45) is 0 Å². The highest BCUT2D eigenvalue weighted by Gasteiger charge is 2.10. The Bertz CT molecular complexity index is 322. The molecule has 0 aliphatic heterocycles. The molecule has 0 N–H and O–H groups in total. The molecule has 3 heteroatoms.